The van der Waals surface area contributed by atoms with Gasteiger partial charge >= 0.3 is 0 Å². The molecule has 1 aromatic rings. The Bertz CT molecular complexity index is 445. The van der Waals surface area contributed by atoms with E-state index >= 15 is 0 Å². The summed E-state index contributed by atoms with van der Waals surface area (Å²) in [5.41, 5.74) is 0.601. The van der Waals surface area contributed by atoms with Crippen molar-refractivity contribution in [1.82, 2.24) is 4.90 Å². The largest absolute Gasteiger partial charge is 0.373 e. The van der Waals surface area contributed by atoms with Crippen molar-refractivity contribution in [2.75, 3.05) is 26.2 Å². The van der Waals surface area contributed by atoms with Gasteiger partial charge in [-0.25, -0.2) is 0 Å². The lowest BCUT2D eigenvalue weighted by Crippen LogP contribution is -2.49. The molecule has 0 unspecified atom stereocenters. The normalized spacial score (nSPS) is 19.7. The Morgan fingerprint density at radius 1 is 1.50 bits per heavy atom. The highest BCUT2D eigenvalue weighted by atomic mass is 79.9. The predicted molar refractivity (Wildman–Crippen MR) is 74.9 cm³/mol. The van der Waals surface area contributed by atoms with Crippen LogP contribution in [-0.4, -0.2) is 42.5 Å². The second-order valence-corrected chi connectivity index (χ2v) is 6.17. The molecule has 3 nitrogen and oxygen atoms in total. The molecule has 2 rings (SSSR count). The first kappa shape index (κ1) is 13.7. The predicted octanol–water partition coefficient (Wildman–Crippen LogP) is 2.74. The minimum absolute atomic E-state index is 0.157. The molecule has 98 valence electrons. The lowest BCUT2D eigenvalue weighted by atomic mass is 10.1. The number of hydrogen-bond acceptors (Lipinski definition) is 3. The monoisotopic (exact) mass is 311 g/mol. The third-order valence-corrected chi connectivity index (χ3v) is 3.51. The fraction of sp³-hybridized carbons (Fsp3) is 0.500. The van der Waals surface area contributed by atoms with Crippen LogP contribution in [0.1, 0.15) is 24.2 Å². The number of rotatable bonds is 3. The molecule has 0 bridgehead atoms. The SMILES string of the molecule is CC1(C)CN(CC(=O)c2cccc(Br)c2)CCO1. The summed E-state index contributed by atoms with van der Waals surface area (Å²) in [5, 5.41) is 0. The standard InChI is InChI=1S/C14H18BrNO2/c1-14(2)10-16(6-7-18-14)9-13(17)11-4-3-5-12(15)8-11/h3-5,8H,6-7,9-10H2,1-2H3. The summed E-state index contributed by atoms with van der Waals surface area (Å²) in [6.45, 7) is 6.89. The zero-order valence-corrected chi connectivity index (χ0v) is 12.4. The summed E-state index contributed by atoms with van der Waals surface area (Å²) >= 11 is 3.39. The maximum atomic E-state index is 12.2. The van der Waals surface area contributed by atoms with Crippen molar-refractivity contribution in [3.05, 3.63) is 34.3 Å². The van der Waals surface area contributed by atoms with Gasteiger partial charge in [0.25, 0.3) is 0 Å². The number of benzene rings is 1. The summed E-state index contributed by atoms with van der Waals surface area (Å²) in [5.74, 6) is 0.161. The summed E-state index contributed by atoms with van der Waals surface area (Å²) in [4.78, 5) is 14.3. The molecular weight excluding hydrogens is 294 g/mol. The number of halogens is 1. The van der Waals surface area contributed by atoms with Gasteiger partial charge in [0.15, 0.2) is 5.78 Å². The van der Waals surface area contributed by atoms with Gasteiger partial charge in [0, 0.05) is 23.1 Å². The van der Waals surface area contributed by atoms with Crippen molar-refractivity contribution in [1.29, 1.82) is 0 Å². The molecule has 0 atom stereocenters. The first-order chi connectivity index (χ1) is 8.46. The van der Waals surface area contributed by atoms with E-state index in [1.165, 1.54) is 0 Å². The Morgan fingerprint density at radius 2 is 2.28 bits per heavy atom. The highest BCUT2D eigenvalue weighted by Crippen LogP contribution is 2.17. The average molecular weight is 312 g/mol. The third kappa shape index (κ3) is 3.64. The zero-order valence-electron chi connectivity index (χ0n) is 10.8. The smallest absolute Gasteiger partial charge is 0.176 e. The molecule has 0 N–H and O–H groups in total. The number of Topliss-reactive ketones (excluding diaryl/α,β-unsaturated/α-hetero) is 1. The molecular formula is C14H18BrNO2. The summed E-state index contributed by atoms with van der Waals surface area (Å²) < 4.78 is 6.58. The van der Waals surface area contributed by atoms with E-state index in [4.69, 9.17) is 4.74 Å². The van der Waals surface area contributed by atoms with E-state index in [1.807, 2.05) is 24.3 Å². The van der Waals surface area contributed by atoms with Crippen LogP contribution in [0.15, 0.2) is 28.7 Å². The highest BCUT2D eigenvalue weighted by Gasteiger charge is 2.28. The van der Waals surface area contributed by atoms with Crippen molar-refractivity contribution in [2.24, 2.45) is 0 Å². The third-order valence-electron chi connectivity index (χ3n) is 3.02. The molecule has 0 aliphatic carbocycles. The summed E-state index contributed by atoms with van der Waals surface area (Å²) in [6, 6.07) is 7.54. The van der Waals surface area contributed by atoms with E-state index < -0.39 is 0 Å². The van der Waals surface area contributed by atoms with Crippen molar-refractivity contribution < 1.29 is 9.53 Å². The van der Waals surface area contributed by atoms with Gasteiger partial charge in [-0.2, -0.15) is 0 Å². The van der Waals surface area contributed by atoms with E-state index in [2.05, 4.69) is 34.7 Å². The Labute approximate surface area is 116 Å². The van der Waals surface area contributed by atoms with Crippen LogP contribution in [0.25, 0.3) is 0 Å². The first-order valence-corrected chi connectivity index (χ1v) is 6.91. The van der Waals surface area contributed by atoms with Gasteiger partial charge in [0.2, 0.25) is 0 Å². The van der Waals surface area contributed by atoms with Crippen LogP contribution in [0.2, 0.25) is 0 Å². The van der Waals surface area contributed by atoms with Crippen LogP contribution < -0.4 is 0 Å². The lowest BCUT2D eigenvalue weighted by Gasteiger charge is -2.37. The molecule has 1 fully saturated rings. The van der Waals surface area contributed by atoms with Crippen LogP contribution in [0, 0.1) is 0 Å². The van der Waals surface area contributed by atoms with Gasteiger partial charge in [-0.05, 0) is 26.0 Å². The molecule has 0 radical (unpaired) electrons. The maximum absolute atomic E-state index is 12.2. The van der Waals surface area contributed by atoms with Gasteiger partial charge in [-0.15, -0.1) is 0 Å². The quantitative estimate of drug-likeness (QED) is 0.804. The second-order valence-electron chi connectivity index (χ2n) is 5.25. The number of morpholine rings is 1. The van der Waals surface area contributed by atoms with Gasteiger partial charge in [-0.3, -0.25) is 9.69 Å². The van der Waals surface area contributed by atoms with E-state index in [-0.39, 0.29) is 11.4 Å². The number of carbonyl (C=O) groups excluding carboxylic acids is 1. The zero-order chi connectivity index (χ0) is 13.2. The molecule has 0 saturated carbocycles. The fourth-order valence-electron chi connectivity index (χ4n) is 2.21. The van der Waals surface area contributed by atoms with Crippen LogP contribution in [0.3, 0.4) is 0 Å². The van der Waals surface area contributed by atoms with E-state index in [9.17, 15) is 4.79 Å². The van der Waals surface area contributed by atoms with Crippen LogP contribution in [0.4, 0.5) is 0 Å². The van der Waals surface area contributed by atoms with Gasteiger partial charge in [0.05, 0.1) is 18.8 Å². The van der Waals surface area contributed by atoms with Crippen LogP contribution >= 0.6 is 15.9 Å². The van der Waals surface area contributed by atoms with Gasteiger partial charge < -0.3 is 4.74 Å². The summed E-state index contributed by atoms with van der Waals surface area (Å²) in [7, 11) is 0. The van der Waals surface area contributed by atoms with Crippen molar-refractivity contribution in [3.8, 4) is 0 Å². The van der Waals surface area contributed by atoms with E-state index in [0.29, 0.717) is 13.2 Å². The minimum atomic E-state index is -0.157. The molecule has 1 saturated heterocycles. The molecule has 0 amide bonds. The highest BCUT2D eigenvalue weighted by molar-refractivity contribution is 9.10. The Morgan fingerprint density at radius 3 is 2.94 bits per heavy atom. The Kier molecular flexibility index (Phi) is 4.20. The fourth-order valence-corrected chi connectivity index (χ4v) is 2.60. The molecule has 1 aliphatic rings. The van der Waals surface area contributed by atoms with E-state index in [1.54, 1.807) is 0 Å². The second kappa shape index (κ2) is 5.51. The molecule has 4 heteroatoms. The number of nitrogens with zero attached hydrogens (tertiary/aromatic N) is 1. The summed E-state index contributed by atoms with van der Waals surface area (Å²) in [6.07, 6.45) is 0. The first-order valence-electron chi connectivity index (χ1n) is 6.11. The number of ketones is 1. The number of carbonyl (C=O) groups is 1. The lowest BCUT2D eigenvalue weighted by molar-refractivity contribution is -0.0833. The van der Waals surface area contributed by atoms with E-state index in [0.717, 1.165) is 23.1 Å². The van der Waals surface area contributed by atoms with Crippen LogP contribution in [0.5, 0.6) is 0 Å². The average Bonchev–Trinajstić information content (AvgIpc) is 2.27. The molecule has 1 aliphatic heterocycles. The van der Waals surface area contributed by atoms with Crippen LogP contribution in [-0.2, 0) is 4.74 Å². The number of ether oxygens (including phenoxy) is 1. The minimum Gasteiger partial charge on any atom is -0.373 e. The molecule has 18 heavy (non-hydrogen) atoms. The Hall–Kier alpha value is -0.710. The topological polar surface area (TPSA) is 29.5 Å². The maximum Gasteiger partial charge on any atom is 0.176 e. The van der Waals surface area contributed by atoms with Gasteiger partial charge in [-0.1, -0.05) is 28.1 Å². The molecule has 0 aromatic heterocycles. The number of hydrogen-bond donors (Lipinski definition) is 0. The molecule has 0 spiro atoms. The van der Waals surface area contributed by atoms with Gasteiger partial charge in [0.1, 0.15) is 0 Å². The van der Waals surface area contributed by atoms with Crippen molar-refractivity contribution in [3.63, 3.8) is 0 Å². The van der Waals surface area contributed by atoms with Crippen molar-refractivity contribution in [2.45, 2.75) is 19.4 Å². The Balaban J connectivity index is 1.99. The van der Waals surface area contributed by atoms with Crippen molar-refractivity contribution >= 4 is 21.7 Å². The molecule has 1 heterocycles. The molecule has 1 aromatic carbocycles.